The minimum Gasteiger partial charge on any atom is -0.287 e. The second-order valence-corrected chi connectivity index (χ2v) is 2.77. The summed E-state index contributed by atoms with van der Waals surface area (Å²) in [5.74, 6) is -0.116. The first kappa shape index (κ1) is 10.5. The lowest BCUT2D eigenvalue weighted by Crippen LogP contribution is -2.37. The van der Waals surface area contributed by atoms with Crippen LogP contribution in [0.5, 0.6) is 0 Å². The van der Waals surface area contributed by atoms with Gasteiger partial charge in [0, 0.05) is 12.1 Å². The van der Waals surface area contributed by atoms with Gasteiger partial charge in [0.1, 0.15) is 0 Å². The van der Waals surface area contributed by atoms with Gasteiger partial charge in [-0.15, -0.1) is 0 Å². The molecule has 0 saturated heterocycles. The minimum absolute atomic E-state index is 0.116. The maximum atomic E-state index is 11.4. The zero-order chi connectivity index (χ0) is 10.2. The highest BCUT2D eigenvalue weighted by molar-refractivity contribution is 5.93. The largest absolute Gasteiger partial charge is 0.287 e. The van der Waals surface area contributed by atoms with Crippen LogP contribution in [0.3, 0.4) is 0 Å². The van der Waals surface area contributed by atoms with Crippen molar-refractivity contribution in [2.45, 2.75) is 6.92 Å². The summed E-state index contributed by atoms with van der Waals surface area (Å²) in [5.41, 5.74) is 6.04. The molecule has 1 aromatic carbocycles. The molecule has 0 radical (unpaired) electrons. The summed E-state index contributed by atoms with van der Waals surface area (Å²) in [6, 6.07) is 9.09. The molecular formula is C11H14N2O. The van der Waals surface area contributed by atoms with Crippen LogP contribution >= 0.6 is 0 Å². The van der Waals surface area contributed by atoms with E-state index in [1.54, 1.807) is 12.1 Å². The van der Waals surface area contributed by atoms with Crippen LogP contribution in [0.25, 0.3) is 0 Å². The molecule has 0 aliphatic carbocycles. The van der Waals surface area contributed by atoms with Crippen molar-refractivity contribution in [3.8, 4) is 0 Å². The van der Waals surface area contributed by atoms with Crippen molar-refractivity contribution in [1.82, 2.24) is 10.9 Å². The van der Waals surface area contributed by atoms with Crippen LogP contribution in [0.1, 0.15) is 17.3 Å². The van der Waals surface area contributed by atoms with Crippen molar-refractivity contribution < 1.29 is 4.79 Å². The summed E-state index contributed by atoms with van der Waals surface area (Å²) in [7, 11) is 0. The lowest BCUT2D eigenvalue weighted by molar-refractivity contribution is 0.0935. The Balaban J connectivity index is 2.36. The van der Waals surface area contributed by atoms with Gasteiger partial charge in [0.25, 0.3) is 5.91 Å². The van der Waals surface area contributed by atoms with E-state index in [0.717, 1.165) is 0 Å². The molecule has 0 aliphatic rings. The maximum absolute atomic E-state index is 11.4. The fourth-order valence-electron chi connectivity index (χ4n) is 0.970. The molecule has 1 amide bonds. The second-order valence-electron chi connectivity index (χ2n) is 2.77. The normalized spacial score (nSPS) is 10.4. The van der Waals surface area contributed by atoms with Gasteiger partial charge in [-0.1, -0.05) is 30.4 Å². The van der Waals surface area contributed by atoms with E-state index in [9.17, 15) is 4.79 Å². The first-order valence-electron chi connectivity index (χ1n) is 4.54. The van der Waals surface area contributed by atoms with Crippen molar-refractivity contribution in [1.29, 1.82) is 0 Å². The zero-order valence-corrected chi connectivity index (χ0v) is 8.16. The number of hydrazine groups is 1. The molecule has 1 aromatic rings. The van der Waals surface area contributed by atoms with Crippen molar-refractivity contribution in [2.24, 2.45) is 0 Å². The van der Waals surface area contributed by atoms with Crippen molar-refractivity contribution in [3.05, 3.63) is 48.0 Å². The second kappa shape index (κ2) is 5.94. The number of carbonyl (C=O) groups is 1. The van der Waals surface area contributed by atoms with Gasteiger partial charge in [0.15, 0.2) is 0 Å². The highest BCUT2D eigenvalue weighted by Gasteiger charge is 2.01. The van der Waals surface area contributed by atoms with E-state index in [1.165, 1.54) is 0 Å². The molecule has 0 heterocycles. The molecule has 0 aliphatic heterocycles. The predicted octanol–water partition coefficient (Wildman–Crippen LogP) is 1.50. The number of benzene rings is 1. The van der Waals surface area contributed by atoms with Crippen LogP contribution in [0.4, 0.5) is 0 Å². The van der Waals surface area contributed by atoms with E-state index in [0.29, 0.717) is 12.1 Å². The minimum atomic E-state index is -0.116. The molecule has 0 aromatic heterocycles. The predicted molar refractivity (Wildman–Crippen MR) is 56.7 cm³/mol. The number of rotatable bonds is 4. The van der Waals surface area contributed by atoms with Crippen LogP contribution in [-0.4, -0.2) is 12.5 Å². The van der Waals surface area contributed by atoms with Crippen LogP contribution in [0.2, 0.25) is 0 Å². The topological polar surface area (TPSA) is 41.1 Å². The maximum Gasteiger partial charge on any atom is 0.265 e. The number of allylic oxidation sites excluding steroid dienone is 1. The van der Waals surface area contributed by atoms with E-state index in [2.05, 4.69) is 10.9 Å². The lowest BCUT2D eigenvalue weighted by Gasteiger charge is -2.04. The van der Waals surface area contributed by atoms with Gasteiger partial charge >= 0.3 is 0 Å². The third-order valence-corrected chi connectivity index (χ3v) is 1.69. The van der Waals surface area contributed by atoms with Crippen molar-refractivity contribution >= 4 is 5.91 Å². The monoisotopic (exact) mass is 190 g/mol. The Bertz CT molecular complexity index is 306. The fourth-order valence-corrected chi connectivity index (χ4v) is 0.970. The number of nitrogens with one attached hydrogen (secondary N) is 2. The van der Waals surface area contributed by atoms with Crippen LogP contribution in [-0.2, 0) is 0 Å². The molecule has 0 saturated carbocycles. The van der Waals surface area contributed by atoms with Gasteiger partial charge in [0.05, 0.1) is 0 Å². The average molecular weight is 190 g/mol. The summed E-state index contributed by atoms with van der Waals surface area (Å²) >= 11 is 0. The quantitative estimate of drug-likeness (QED) is 0.429. The molecular weight excluding hydrogens is 176 g/mol. The zero-order valence-electron chi connectivity index (χ0n) is 8.16. The Morgan fingerprint density at radius 1 is 1.36 bits per heavy atom. The first-order chi connectivity index (χ1) is 6.84. The smallest absolute Gasteiger partial charge is 0.265 e. The van der Waals surface area contributed by atoms with Gasteiger partial charge in [-0.05, 0) is 19.1 Å². The van der Waals surface area contributed by atoms with Crippen LogP contribution in [0, 0.1) is 0 Å². The Morgan fingerprint density at radius 2 is 2.07 bits per heavy atom. The number of carbonyl (C=O) groups excluding carboxylic acids is 1. The van der Waals surface area contributed by atoms with Gasteiger partial charge in [0.2, 0.25) is 0 Å². The molecule has 0 bridgehead atoms. The van der Waals surface area contributed by atoms with E-state index in [4.69, 9.17) is 0 Å². The summed E-state index contributed by atoms with van der Waals surface area (Å²) in [6.07, 6.45) is 3.84. The molecule has 3 heteroatoms. The molecule has 0 unspecified atom stereocenters. The molecule has 14 heavy (non-hydrogen) atoms. The van der Waals surface area contributed by atoms with Crippen LogP contribution < -0.4 is 10.9 Å². The van der Waals surface area contributed by atoms with E-state index in [-0.39, 0.29) is 5.91 Å². The summed E-state index contributed by atoms with van der Waals surface area (Å²) in [4.78, 5) is 11.4. The third kappa shape index (κ3) is 3.41. The van der Waals surface area contributed by atoms with E-state index < -0.39 is 0 Å². The van der Waals surface area contributed by atoms with Crippen molar-refractivity contribution in [2.75, 3.05) is 6.54 Å². The number of hydrogen-bond donors (Lipinski definition) is 2. The average Bonchev–Trinajstić information content (AvgIpc) is 2.25. The molecule has 0 atom stereocenters. The van der Waals surface area contributed by atoms with Gasteiger partial charge < -0.3 is 0 Å². The Labute approximate surface area is 83.8 Å². The highest BCUT2D eigenvalue weighted by Crippen LogP contribution is 1.96. The molecule has 2 N–H and O–H groups in total. The van der Waals surface area contributed by atoms with E-state index in [1.807, 2.05) is 37.3 Å². The Kier molecular flexibility index (Phi) is 4.44. The standard InChI is InChI=1S/C11H14N2O/c1-2-3-9-12-13-11(14)10-7-5-4-6-8-10/h2-8,12H,9H2,1H3,(H,13,14). The summed E-state index contributed by atoms with van der Waals surface area (Å²) in [5, 5.41) is 0. The van der Waals surface area contributed by atoms with Crippen LogP contribution in [0.15, 0.2) is 42.5 Å². The molecule has 0 fully saturated rings. The Morgan fingerprint density at radius 3 is 2.71 bits per heavy atom. The number of hydrogen-bond acceptors (Lipinski definition) is 2. The summed E-state index contributed by atoms with van der Waals surface area (Å²) < 4.78 is 0. The van der Waals surface area contributed by atoms with Crippen molar-refractivity contribution in [3.63, 3.8) is 0 Å². The molecule has 0 spiro atoms. The molecule has 74 valence electrons. The SMILES string of the molecule is CC=CCNNC(=O)c1ccccc1. The molecule has 1 rings (SSSR count). The van der Waals surface area contributed by atoms with Gasteiger partial charge in [-0.25, -0.2) is 5.43 Å². The fraction of sp³-hybridized carbons (Fsp3) is 0.182. The first-order valence-corrected chi connectivity index (χ1v) is 4.54. The van der Waals surface area contributed by atoms with Gasteiger partial charge in [-0.3, -0.25) is 10.2 Å². The summed E-state index contributed by atoms with van der Waals surface area (Å²) in [6.45, 7) is 2.57. The van der Waals surface area contributed by atoms with Gasteiger partial charge in [-0.2, -0.15) is 0 Å². The van der Waals surface area contributed by atoms with E-state index >= 15 is 0 Å². The Hall–Kier alpha value is -1.61. The third-order valence-electron chi connectivity index (χ3n) is 1.69. The highest BCUT2D eigenvalue weighted by atomic mass is 16.2. The lowest BCUT2D eigenvalue weighted by atomic mass is 10.2. The molecule has 3 nitrogen and oxygen atoms in total. The number of amides is 1.